The minimum Gasteiger partial charge on any atom is -0.309 e. The van der Waals surface area contributed by atoms with Gasteiger partial charge in [-0.15, -0.1) is 0 Å². The molecule has 0 aromatic heterocycles. The molecule has 0 spiro atoms. The van der Waals surface area contributed by atoms with Gasteiger partial charge in [-0.3, -0.25) is 10.1 Å². The van der Waals surface area contributed by atoms with E-state index < -0.39 is 4.92 Å². The van der Waals surface area contributed by atoms with Gasteiger partial charge in [0.05, 0.1) is 4.92 Å². The summed E-state index contributed by atoms with van der Waals surface area (Å²) in [5.74, 6) is 1.13. The Balaban J connectivity index is 1.97. The number of rotatable bonds is 6. The average molecular weight is 315 g/mol. The summed E-state index contributed by atoms with van der Waals surface area (Å²) in [4.78, 5) is 10.4. The highest BCUT2D eigenvalue weighted by atomic mass is 35.5. The molecule has 4 nitrogen and oxygen atoms in total. The molecule has 0 radical (unpaired) electrons. The van der Waals surface area contributed by atoms with Crippen LogP contribution in [0.2, 0.25) is 5.02 Å². The molecule has 2 rings (SSSR count). The first-order valence-corrected chi connectivity index (χ1v) is 8.32. The lowest BCUT2D eigenvalue weighted by Gasteiger charge is -2.20. The van der Waals surface area contributed by atoms with E-state index in [1.165, 1.54) is 19.3 Å². The second kappa shape index (κ2) is 7.29. The first kappa shape index (κ1) is 15.6. The lowest BCUT2D eigenvalue weighted by Crippen LogP contribution is -2.33. The van der Waals surface area contributed by atoms with E-state index in [1.54, 1.807) is 12.1 Å². The van der Waals surface area contributed by atoms with Gasteiger partial charge in [0.1, 0.15) is 5.02 Å². The third-order valence-electron chi connectivity index (χ3n) is 3.61. The van der Waals surface area contributed by atoms with Crippen LogP contribution in [0.25, 0.3) is 0 Å². The van der Waals surface area contributed by atoms with Crippen LogP contribution < -0.4 is 5.32 Å². The highest BCUT2D eigenvalue weighted by Gasteiger charge is 2.26. The van der Waals surface area contributed by atoms with E-state index in [0.29, 0.717) is 17.8 Å². The number of thioether (sulfide) groups is 1. The Bertz CT molecular complexity index is 484. The summed E-state index contributed by atoms with van der Waals surface area (Å²) in [7, 11) is 0. The Morgan fingerprint density at radius 2 is 2.30 bits per heavy atom. The molecule has 0 amide bonds. The van der Waals surface area contributed by atoms with E-state index in [0.717, 1.165) is 11.3 Å². The molecule has 20 heavy (non-hydrogen) atoms. The van der Waals surface area contributed by atoms with Crippen LogP contribution in [0, 0.1) is 10.1 Å². The Labute approximate surface area is 128 Å². The summed E-state index contributed by atoms with van der Waals surface area (Å²) in [5.41, 5.74) is 0.894. The van der Waals surface area contributed by atoms with E-state index in [4.69, 9.17) is 11.6 Å². The Morgan fingerprint density at radius 3 is 3.00 bits per heavy atom. The topological polar surface area (TPSA) is 55.2 Å². The van der Waals surface area contributed by atoms with Crippen LogP contribution in [-0.4, -0.2) is 22.0 Å². The standard InChI is InChI=1S/C14H19ClN2O2S/c1-2-20-14-5-3-4-12(14)16-9-10-6-7-11(15)13(8-10)17(18)19/h6-8,12,14,16H,2-5,9H2,1H3. The normalized spacial score (nSPS) is 22.1. The van der Waals surface area contributed by atoms with E-state index in [1.807, 2.05) is 17.8 Å². The highest BCUT2D eigenvalue weighted by Crippen LogP contribution is 2.30. The van der Waals surface area contributed by atoms with Crippen LogP contribution in [0.5, 0.6) is 0 Å². The molecule has 2 atom stereocenters. The van der Waals surface area contributed by atoms with Crippen molar-refractivity contribution in [3.8, 4) is 0 Å². The van der Waals surface area contributed by atoms with Gasteiger partial charge in [0.2, 0.25) is 0 Å². The Hall–Kier alpha value is -0.780. The lowest BCUT2D eigenvalue weighted by molar-refractivity contribution is -0.384. The molecule has 0 aliphatic heterocycles. The van der Waals surface area contributed by atoms with E-state index in [2.05, 4.69) is 12.2 Å². The number of nitro groups is 1. The SMILES string of the molecule is CCSC1CCCC1NCc1ccc(Cl)c([N+](=O)[O-])c1. The van der Waals surface area contributed by atoms with Crippen LogP contribution in [0.3, 0.4) is 0 Å². The molecular weight excluding hydrogens is 296 g/mol. The molecule has 6 heteroatoms. The second-order valence-electron chi connectivity index (χ2n) is 4.95. The summed E-state index contributed by atoms with van der Waals surface area (Å²) in [6, 6.07) is 5.52. The minimum atomic E-state index is -0.433. The van der Waals surface area contributed by atoms with Gasteiger partial charge in [-0.25, -0.2) is 0 Å². The summed E-state index contributed by atoms with van der Waals surface area (Å²) in [6.07, 6.45) is 3.71. The molecule has 1 fully saturated rings. The van der Waals surface area contributed by atoms with Crippen molar-refractivity contribution in [2.45, 2.75) is 44.0 Å². The van der Waals surface area contributed by atoms with Gasteiger partial charge in [0.25, 0.3) is 5.69 Å². The quantitative estimate of drug-likeness (QED) is 0.636. The smallest absolute Gasteiger partial charge is 0.288 e. The van der Waals surface area contributed by atoms with Crippen molar-refractivity contribution < 1.29 is 4.92 Å². The van der Waals surface area contributed by atoms with E-state index in [9.17, 15) is 10.1 Å². The molecule has 0 heterocycles. The van der Waals surface area contributed by atoms with Crippen LogP contribution >= 0.6 is 23.4 Å². The number of halogens is 1. The minimum absolute atomic E-state index is 0.0168. The number of nitrogens with one attached hydrogen (secondary N) is 1. The molecule has 1 aliphatic rings. The molecule has 1 N–H and O–H groups in total. The first-order valence-electron chi connectivity index (χ1n) is 6.89. The fourth-order valence-corrected chi connectivity index (χ4v) is 4.04. The number of hydrogen-bond donors (Lipinski definition) is 1. The van der Waals surface area contributed by atoms with Crippen molar-refractivity contribution in [1.29, 1.82) is 0 Å². The van der Waals surface area contributed by atoms with Gasteiger partial charge < -0.3 is 5.32 Å². The number of benzene rings is 1. The Kier molecular flexibility index (Phi) is 5.69. The molecule has 0 saturated heterocycles. The molecular formula is C14H19ClN2O2S. The van der Waals surface area contributed by atoms with E-state index >= 15 is 0 Å². The fourth-order valence-electron chi connectivity index (χ4n) is 2.63. The molecule has 1 saturated carbocycles. The highest BCUT2D eigenvalue weighted by molar-refractivity contribution is 7.99. The van der Waals surface area contributed by atoms with Crippen LogP contribution in [-0.2, 0) is 6.54 Å². The van der Waals surface area contributed by atoms with Crippen LogP contribution in [0.15, 0.2) is 18.2 Å². The summed E-state index contributed by atoms with van der Waals surface area (Å²) in [6.45, 7) is 2.84. The van der Waals surface area contributed by atoms with Crippen molar-refractivity contribution in [3.05, 3.63) is 38.9 Å². The first-order chi connectivity index (χ1) is 9.61. The van der Waals surface area contributed by atoms with Crippen molar-refractivity contribution in [1.82, 2.24) is 5.32 Å². The molecule has 110 valence electrons. The molecule has 1 aliphatic carbocycles. The van der Waals surface area contributed by atoms with Crippen molar-refractivity contribution in [3.63, 3.8) is 0 Å². The molecule has 0 bridgehead atoms. The molecule has 2 unspecified atom stereocenters. The zero-order valence-electron chi connectivity index (χ0n) is 11.5. The van der Waals surface area contributed by atoms with Gasteiger partial charge in [-0.2, -0.15) is 11.8 Å². The summed E-state index contributed by atoms with van der Waals surface area (Å²) < 4.78 is 0. The fraction of sp³-hybridized carbons (Fsp3) is 0.571. The number of nitrogens with zero attached hydrogens (tertiary/aromatic N) is 1. The van der Waals surface area contributed by atoms with Gasteiger partial charge in [-0.1, -0.05) is 31.0 Å². The maximum Gasteiger partial charge on any atom is 0.288 e. The van der Waals surface area contributed by atoms with Gasteiger partial charge in [0.15, 0.2) is 0 Å². The zero-order chi connectivity index (χ0) is 14.5. The maximum atomic E-state index is 10.9. The van der Waals surface area contributed by atoms with Crippen LogP contribution in [0.1, 0.15) is 31.7 Å². The lowest BCUT2D eigenvalue weighted by atomic mass is 10.1. The predicted molar refractivity (Wildman–Crippen MR) is 84.5 cm³/mol. The van der Waals surface area contributed by atoms with Crippen molar-refractivity contribution >= 4 is 29.1 Å². The average Bonchev–Trinajstić information content (AvgIpc) is 2.85. The Morgan fingerprint density at radius 1 is 1.50 bits per heavy atom. The summed E-state index contributed by atoms with van der Waals surface area (Å²) >= 11 is 7.82. The zero-order valence-corrected chi connectivity index (χ0v) is 13.0. The second-order valence-corrected chi connectivity index (χ2v) is 6.88. The van der Waals surface area contributed by atoms with Gasteiger partial charge in [-0.05, 0) is 30.2 Å². The number of hydrogen-bond acceptors (Lipinski definition) is 4. The molecule has 1 aromatic rings. The predicted octanol–water partition coefficient (Wildman–Crippen LogP) is 4.01. The largest absolute Gasteiger partial charge is 0.309 e. The van der Waals surface area contributed by atoms with E-state index in [-0.39, 0.29) is 10.7 Å². The van der Waals surface area contributed by atoms with Crippen molar-refractivity contribution in [2.24, 2.45) is 0 Å². The third-order valence-corrected chi connectivity index (χ3v) is 5.25. The van der Waals surface area contributed by atoms with Crippen LogP contribution in [0.4, 0.5) is 5.69 Å². The van der Waals surface area contributed by atoms with Gasteiger partial charge >= 0.3 is 0 Å². The third kappa shape index (κ3) is 3.87. The maximum absolute atomic E-state index is 10.9. The molecule has 1 aromatic carbocycles. The van der Waals surface area contributed by atoms with Gasteiger partial charge in [0, 0.05) is 23.9 Å². The number of nitro benzene ring substituents is 1. The van der Waals surface area contributed by atoms with Crippen molar-refractivity contribution in [2.75, 3.05) is 5.75 Å². The monoisotopic (exact) mass is 314 g/mol. The summed E-state index contributed by atoms with van der Waals surface area (Å²) in [5, 5.41) is 15.3.